The van der Waals surface area contributed by atoms with E-state index >= 15 is 0 Å². The van der Waals surface area contributed by atoms with E-state index < -0.39 is 0 Å². The Bertz CT molecular complexity index is 718. The Kier molecular flexibility index (Phi) is 3.88. The standard InChI is InChI=1S/C16H23N3OS/c1-9-7-5-6-8-19(9)11(3)14-17-15(20)13-10(2)12(4)21-16(13)18-14/h9,11H,5-8H2,1-4H3,(H,17,18,20)/t9-,11+/m0/s1. The summed E-state index contributed by atoms with van der Waals surface area (Å²) in [6, 6.07) is 0.724. The van der Waals surface area contributed by atoms with E-state index in [1.54, 1.807) is 11.3 Å². The van der Waals surface area contributed by atoms with Crippen LogP contribution in [0, 0.1) is 13.8 Å². The van der Waals surface area contributed by atoms with Gasteiger partial charge in [-0.15, -0.1) is 11.3 Å². The lowest BCUT2D eigenvalue weighted by Gasteiger charge is -2.37. The zero-order valence-electron chi connectivity index (χ0n) is 13.2. The third-order valence-electron chi connectivity index (χ3n) is 4.80. The van der Waals surface area contributed by atoms with Crippen LogP contribution in [-0.2, 0) is 0 Å². The van der Waals surface area contributed by atoms with Gasteiger partial charge in [0, 0.05) is 10.9 Å². The fourth-order valence-corrected chi connectivity index (χ4v) is 4.36. The first kappa shape index (κ1) is 14.7. The zero-order chi connectivity index (χ0) is 15.1. The van der Waals surface area contributed by atoms with Crippen LogP contribution in [0.5, 0.6) is 0 Å². The monoisotopic (exact) mass is 305 g/mol. The maximum absolute atomic E-state index is 12.4. The van der Waals surface area contributed by atoms with E-state index in [-0.39, 0.29) is 11.6 Å². The van der Waals surface area contributed by atoms with Crippen LogP contribution in [-0.4, -0.2) is 27.5 Å². The molecule has 3 heterocycles. The predicted octanol–water partition coefficient (Wildman–Crippen LogP) is 3.54. The van der Waals surface area contributed by atoms with Gasteiger partial charge in [0.1, 0.15) is 10.7 Å². The molecule has 1 N–H and O–H groups in total. The van der Waals surface area contributed by atoms with Crippen molar-refractivity contribution in [2.45, 2.75) is 59.0 Å². The molecule has 0 amide bonds. The van der Waals surface area contributed by atoms with Crippen LogP contribution in [0.2, 0.25) is 0 Å². The van der Waals surface area contributed by atoms with Crippen molar-refractivity contribution in [3.8, 4) is 0 Å². The molecule has 0 saturated carbocycles. The summed E-state index contributed by atoms with van der Waals surface area (Å²) in [5, 5.41) is 0.764. The summed E-state index contributed by atoms with van der Waals surface area (Å²) >= 11 is 1.62. The van der Waals surface area contributed by atoms with Crippen molar-refractivity contribution in [3.05, 3.63) is 26.6 Å². The van der Waals surface area contributed by atoms with Crippen molar-refractivity contribution >= 4 is 21.6 Å². The second-order valence-electron chi connectivity index (χ2n) is 6.17. The molecule has 0 bridgehead atoms. The summed E-state index contributed by atoms with van der Waals surface area (Å²) in [4.78, 5) is 24.7. The average Bonchev–Trinajstić information content (AvgIpc) is 2.74. The van der Waals surface area contributed by atoms with Gasteiger partial charge in [-0.05, 0) is 52.6 Å². The molecule has 21 heavy (non-hydrogen) atoms. The number of nitrogens with one attached hydrogen (secondary N) is 1. The summed E-state index contributed by atoms with van der Waals surface area (Å²) in [7, 11) is 0. The van der Waals surface area contributed by atoms with E-state index in [2.05, 4.69) is 30.7 Å². The Morgan fingerprint density at radius 3 is 2.86 bits per heavy atom. The summed E-state index contributed by atoms with van der Waals surface area (Å²) in [6.07, 6.45) is 3.77. The van der Waals surface area contributed by atoms with Crippen molar-refractivity contribution in [1.29, 1.82) is 0 Å². The zero-order valence-corrected chi connectivity index (χ0v) is 14.0. The second kappa shape index (κ2) is 5.54. The Morgan fingerprint density at radius 2 is 2.14 bits per heavy atom. The van der Waals surface area contributed by atoms with Crippen molar-refractivity contribution in [3.63, 3.8) is 0 Å². The number of hydrogen-bond donors (Lipinski definition) is 1. The summed E-state index contributed by atoms with van der Waals surface area (Å²) < 4.78 is 0. The Labute approximate surface area is 129 Å². The summed E-state index contributed by atoms with van der Waals surface area (Å²) in [5.74, 6) is 0.808. The van der Waals surface area contributed by atoms with Crippen LogP contribution in [0.25, 0.3) is 10.2 Å². The smallest absolute Gasteiger partial charge is 0.259 e. The fourth-order valence-electron chi connectivity index (χ4n) is 3.32. The van der Waals surface area contributed by atoms with E-state index in [0.717, 1.165) is 28.1 Å². The number of hydrogen-bond acceptors (Lipinski definition) is 4. The second-order valence-corrected chi connectivity index (χ2v) is 7.38. The minimum atomic E-state index is 0.00774. The maximum Gasteiger partial charge on any atom is 0.259 e. The first-order chi connectivity index (χ1) is 9.99. The number of aryl methyl sites for hydroxylation is 2. The highest BCUT2D eigenvalue weighted by Crippen LogP contribution is 2.29. The number of aromatic amines is 1. The summed E-state index contributed by atoms with van der Waals surface area (Å²) in [5.41, 5.74) is 1.07. The van der Waals surface area contributed by atoms with Gasteiger partial charge >= 0.3 is 0 Å². The molecule has 3 rings (SSSR count). The molecule has 1 saturated heterocycles. The molecule has 2 atom stereocenters. The first-order valence-electron chi connectivity index (χ1n) is 7.74. The van der Waals surface area contributed by atoms with Crippen LogP contribution in [0.4, 0.5) is 0 Å². The van der Waals surface area contributed by atoms with E-state index in [4.69, 9.17) is 4.98 Å². The Morgan fingerprint density at radius 1 is 1.38 bits per heavy atom. The highest BCUT2D eigenvalue weighted by Gasteiger charge is 2.26. The SMILES string of the molecule is Cc1sc2nc([C@@H](C)N3CCCC[C@@H]3C)[nH]c(=O)c2c1C. The Hall–Kier alpha value is -1.20. The molecule has 0 aliphatic carbocycles. The molecule has 1 fully saturated rings. The molecule has 2 aromatic heterocycles. The van der Waals surface area contributed by atoms with Crippen LogP contribution in [0.3, 0.4) is 0 Å². The van der Waals surface area contributed by atoms with Crippen LogP contribution >= 0.6 is 11.3 Å². The highest BCUT2D eigenvalue weighted by atomic mass is 32.1. The third-order valence-corrected chi connectivity index (χ3v) is 5.91. The topological polar surface area (TPSA) is 49.0 Å². The molecule has 0 radical (unpaired) electrons. The molecular weight excluding hydrogens is 282 g/mol. The molecule has 2 aromatic rings. The third kappa shape index (κ3) is 2.53. The van der Waals surface area contributed by atoms with Gasteiger partial charge < -0.3 is 4.98 Å². The number of thiophene rings is 1. The number of nitrogens with zero attached hydrogens (tertiary/aromatic N) is 2. The number of rotatable bonds is 2. The van der Waals surface area contributed by atoms with Crippen LogP contribution in [0.1, 0.15) is 55.4 Å². The van der Waals surface area contributed by atoms with E-state index in [1.165, 1.54) is 24.1 Å². The van der Waals surface area contributed by atoms with E-state index in [1.807, 2.05) is 6.92 Å². The van der Waals surface area contributed by atoms with Gasteiger partial charge in [-0.25, -0.2) is 4.98 Å². The highest BCUT2D eigenvalue weighted by molar-refractivity contribution is 7.18. The largest absolute Gasteiger partial charge is 0.309 e. The molecule has 1 aliphatic rings. The normalized spacial score (nSPS) is 21.8. The van der Waals surface area contributed by atoms with Crippen LogP contribution in [0.15, 0.2) is 4.79 Å². The lowest BCUT2D eigenvalue weighted by Crippen LogP contribution is -2.40. The summed E-state index contributed by atoms with van der Waals surface area (Å²) in [6.45, 7) is 9.56. The number of piperidine rings is 1. The van der Waals surface area contributed by atoms with Gasteiger partial charge in [0.05, 0.1) is 11.4 Å². The molecule has 1 aliphatic heterocycles. The molecule has 4 nitrogen and oxygen atoms in total. The molecule has 0 spiro atoms. The van der Waals surface area contributed by atoms with Gasteiger partial charge in [-0.2, -0.15) is 0 Å². The minimum Gasteiger partial charge on any atom is -0.309 e. The number of H-pyrrole nitrogens is 1. The first-order valence-corrected chi connectivity index (χ1v) is 8.56. The van der Waals surface area contributed by atoms with Crippen LogP contribution < -0.4 is 5.56 Å². The van der Waals surface area contributed by atoms with Crippen molar-refractivity contribution in [1.82, 2.24) is 14.9 Å². The van der Waals surface area contributed by atoms with Gasteiger partial charge in [-0.3, -0.25) is 9.69 Å². The van der Waals surface area contributed by atoms with Gasteiger partial charge in [0.25, 0.3) is 5.56 Å². The van der Waals surface area contributed by atoms with Gasteiger partial charge in [0.2, 0.25) is 0 Å². The number of likely N-dealkylation sites (tertiary alicyclic amines) is 1. The fraction of sp³-hybridized carbons (Fsp3) is 0.625. The van der Waals surface area contributed by atoms with Crippen molar-refractivity contribution in [2.24, 2.45) is 0 Å². The van der Waals surface area contributed by atoms with E-state index in [9.17, 15) is 4.79 Å². The maximum atomic E-state index is 12.4. The van der Waals surface area contributed by atoms with E-state index in [0.29, 0.717) is 6.04 Å². The molecule has 0 aromatic carbocycles. The van der Waals surface area contributed by atoms with Crippen molar-refractivity contribution < 1.29 is 0 Å². The number of fused-ring (bicyclic) bond motifs is 1. The quantitative estimate of drug-likeness (QED) is 0.923. The van der Waals surface area contributed by atoms with Gasteiger partial charge in [-0.1, -0.05) is 6.42 Å². The Balaban J connectivity index is 2.02. The average molecular weight is 305 g/mol. The lowest BCUT2D eigenvalue weighted by atomic mass is 10.0. The predicted molar refractivity (Wildman–Crippen MR) is 88.1 cm³/mol. The molecule has 114 valence electrons. The lowest BCUT2D eigenvalue weighted by molar-refractivity contribution is 0.110. The van der Waals surface area contributed by atoms with Crippen molar-refractivity contribution in [2.75, 3.05) is 6.54 Å². The molecular formula is C16H23N3OS. The molecule has 5 heteroatoms. The minimum absolute atomic E-state index is 0.00774. The number of aromatic nitrogens is 2. The molecule has 0 unspecified atom stereocenters. The van der Waals surface area contributed by atoms with Gasteiger partial charge in [0.15, 0.2) is 0 Å².